The van der Waals surface area contributed by atoms with Gasteiger partial charge in [-0.3, -0.25) is 4.79 Å². The highest BCUT2D eigenvalue weighted by Crippen LogP contribution is 2.18. The highest BCUT2D eigenvalue weighted by Gasteiger charge is 2.11. The second kappa shape index (κ2) is 10.5. The topological polar surface area (TPSA) is 26.3 Å². The summed E-state index contributed by atoms with van der Waals surface area (Å²) in [6.45, 7) is 13.8. The van der Waals surface area contributed by atoms with E-state index >= 15 is 0 Å². The molecule has 0 saturated heterocycles. The number of Topliss-reactive ketones (excluding diaryl/α,β-unsaturated/α-hetero) is 1. The molecule has 0 aliphatic carbocycles. The Hall–Kier alpha value is -1.31. The van der Waals surface area contributed by atoms with Crippen LogP contribution in [-0.2, 0) is 9.53 Å². The molecule has 2 nitrogen and oxygen atoms in total. The standard InChI is InChI=1S/C18H30O2/c1-7-11-17(12-8-2)20-16(10-4)13-18(15(6)19)14(5)9-3/h10,13,17H,4,7-9,11-12H2,1-3,5-6H3/b16-13+,18-14-. The SMILES string of the molecule is C=C/C(=C\C(C(C)=O)=C(/C)CC)OC(CCC)CCC. The summed E-state index contributed by atoms with van der Waals surface area (Å²) >= 11 is 0. The van der Waals surface area contributed by atoms with Gasteiger partial charge >= 0.3 is 0 Å². The van der Waals surface area contributed by atoms with Crippen LogP contribution in [0, 0.1) is 0 Å². The van der Waals surface area contributed by atoms with Crippen LogP contribution in [0.15, 0.2) is 35.6 Å². The zero-order chi connectivity index (χ0) is 15.5. The number of allylic oxidation sites excluding steroid dienone is 4. The average Bonchev–Trinajstić information content (AvgIpc) is 2.42. The van der Waals surface area contributed by atoms with Gasteiger partial charge in [-0.1, -0.05) is 45.8 Å². The van der Waals surface area contributed by atoms with E-state index in [0.29, 0.717) is 5.76 Å². The Morgan fingerprint density at radius 1 is 1.15 bits per heavy atom. The molecule has 0 spiro atoms. The minimum Gasteiger partial charge on any atom is -0.490 e. The van der Waals surface area contributed by atoms with E-state index < -0.39 is 0 Å². The molecular weight excluding hydrogens is 248 g/mol. The second-order valence-corrected chi connectivity index (χ2v) is 5.17. The van der Waals surface area contributed by atoms with Crippen molar-refractivity contribution in [1.82, 2.24) is 0 Å². The lowest BCUT2D eigenvalue weighted by molar-refractivity contribution is -0.113. The van der Waals surface area contributed by atoms with Gasteiger partial charge in [0.2, 0.25) is 0 Å². The minimum absolute atomic E-state index is 0.0785. The number of rotatable bonds is 10. The number of carbonyl (C=O) groups excluding carboxylic acids is 1. The van der Waals surface area contributed by atoms with Gasteiger partial charge < -0.3 is 4.74 Å². The van der Waals surface area contributed by atoms with Crippen LogP contribution in [0.5, 0.6) is 0 Å². The van der Waals surface area contributed by atoms with Gasteiger partial charge in [0.05, 0.1) is 6.10 Å². The molecule has 0 atom stereocenters. The number of ketones is 1. The third-order valence-electron chi connectivity index (χ3n) is 3.38. The molecule has 0 aliphatic rings. The fourth-order valence-electron chi connectivity index (χ4n) is 2.10. The van der Waals surface area contributed by atoms with Crippen molar-refractivity contribution in [3.8, 4) is 0 Å². The minimum atomic E-state index is 0.0785. The van der Waals surface area contributed by atoms with Crippen LogP contribution >= 0.6 is 0 Å². The van der Waals surface area contributed by atoms with Crippen molar-refractivity contribution in [2.75, 3.05) is 0 Å². The summed E-state index contributed by atoms with van der Waals surface area (Å²) in [5.41, 5.74) is 1.83. The fraction of sp³-hybridized carbons (Fsp3) is 0.611. The number of carbonyl (C=O) groups is 1. The van der Waals surface area contributed by atoms with Gasteiger partial charge in [0.1, 0.15) is 5.76 Å². The largest absolute Gasteiger partial charge is 0.490 e. The molecule has 0 aromatic carbocycles. The predicted octanol–water partition coefficient (Wildman–Crippen LogP) is 5.36. The summed E-state index contributed by atoms with van der Waals surface area (Å²) in [6.07, 6.45) is 8.87. The van der Waals surface area contributed by atoms with Gasteiger partial charge in [-0.25, -0.2) is 0 Å². The van der Waals surface area contributed by atoms with E-state index in [0.717, 1.165) is 43.3 Å². The zero-order valence-electron chi connectivity index (χ0n) is 13.8. The van der Waals surface area contributed by atoms with E-state index in [2.05, 4.69) is 27.4 Å². The van der Waals surface area contributed by atoms with E-state index in [4.69, 9.17) is 4.74 Å². The summed E-state index contributed by atoms with van der Waals surface area (Å²) in [5, 5.41) is 0. The normalized spacial score (nSPS) is 13.2. The van der Waals surface area contributed by atoms with Gasteiger partial charge in [-0.2, -0.15) is 0 Å². The third-order valence-corrected chi connectivity index (χ3v) is 3.38. The Morgan fingerprint density at radius 2 is 1.70 bits per heavy atom. The van der Waals surface area contributed by atoms with Crippen LogP contribution in [0.25, 0.3) is 0 Å². The van der Waals surface area contributed by atoms with Gasteiger partial charge in [0.15, 0.2) is 5.78 Å². The lowest BCUT2D eigenvalue weighted by Gasteiger charge is -2.19. The third kappa shape index (κ3) is 6.74. The Balaban J connectivity index is 5.17. The Labute approximate surface area is 124 Å². The first-order valence-corrected chi connectivity index (χ1v) is 7.71. The van der Waals surface area contributed by atoms with Gasteiger partial charge in [-0.15, -0.1) is 0 Å². The van der Waals surface area contributed by atoms with Crippen molar-refractivity contribution in [2.45, 2.75) is 72.8 Å². The van der Waals surface area contributed by atoms with E-state index in [-0.39, 0.29) is 11.9 Å². The van der Waals surface area contributed by atoms with Gasteiger partial charge in [-0.05, 0) is 45.3 Å². The molecule has 2 heteroatoms. The molecule has 20 heavy (non-hydrogen) atoms. The summed E-state index contributed by atoms with van der Waals surface area (Å²) in [5.74, 6) is 0.782. The summed E-state index contributed by atoms with van der Waals surface area (Å²) in [6, 6.07) is 0. The van der Waals surface area contributed by atoms with Crippen molar-refractivity contribution >= 4 is 5.78 Å². The van der Waals surface area contributed by atoms with Crippen molar-refractivity contribution in [2.24, 2.45) is 0 Å². The van der Waals surface area contributed by atoms with Crippen LogP contribution in [0.3, 0.4) is 0 Å². The molecule has 0 aromatic heterocycles. The van der Waals surface area contributed by atoms with Gasteiger partial charge in [0, 0.05) is 5.57 Å². The maximum absolute atomic E-state index is 11.7. The Bertz CT molecular complexity index is 369. The van der Waals surface area contributed by atoms with E-state index in [9.17, 15) is 4.79 Å². The monoisotopic (exact) mass is 278 g/mol. The van der Waals surface area contributed by atoms with Crippen LogP contribution in [0.2, 0.25) is 0 Å². The van der Waals surface area contributed by atoms with E-state index in [1.807, 2.05) is 13.0 Å². The predicted molar refractivity (Wildman–Crippen MR) is 86.6 cm³/mol. The average molecular weight is 278 g/mol. The molecule has 0 amide bonds. The molecular formula is C18H30O2. The van der Waals surface area contributed by atoms with Crippen LogP contribution < -0.4 is 0 Å². The number of ether oxygens (including phenoxy) is 1. The summed E-state index contributed by atoms with van der Waals surface area (Å²) in [7, 11) is 0. The van der Waals surface area contributed by atoms with E-state index in [1.165, 1.54) is 0 Å². The molecule has 0 radical (unpaired) electrons. The molecule has 0 heterocycles. The lowest BCUT2D eigenvalue weighted by Crippen LogP contribution is -2.12. The Morgan fingerprint density at radius 3 is 2.05 bits per heavy atom. The first kappa shape index (κ1) is 18.7. The maximum atomic E-state index is 11.7. The number of hydrogen-bond donors (Lipinski definition) is 0. The molecule has 0 saturated carbocycles. The molecule has 114 valence electrons. The van der Waals surface area contributed by atoms with Crippen molar-refractivity contribution < 1.29 is 9.53 Å². The lowest BCUT2D eigenvalue weighted by atomic mass is 10.0. The molecule has 0 fully saturated rings. The van der Waals surface area contributed by atoms with E-state index in [1.54, 1.807) is 13.0 Å². The Kier molecular flexibility index (Phi) is 9.79. The van der Waals surface area contributed by atoms with Crippen molar-refractivity contribution in [3.63, 3.8) is 0 Å². The molecule has 0 rings (SSSR count). The molecule has 0 unspecified atom stereocenters. The van der Waals surface area contributed by atoms with Crippen molar-refractivity contribution in [1.29, 1.82) is 0 Å². The second-order valence-electron chi connectivity index (χ2n) is 5.17. The van der Waals surface area contributed by atoms with Crippen LogP contribution in [0.4, 0.5) is 0 Å². The first-order chi connectivity index (χ1) is 9.49. The fourth-order valence-corrected chi connectivity index (χ4v) is 2.10. The smallest absolute Gasteiger partial charge is 0.159 e. The van der Waals surface area contributed by atoms with Gasteiger partial charge in [0.25, 0.3) is 0 Å². The number of hydrogen-bond acceptors (Lipinski definition) is 2. The van der Waals surface area contributed by atoms with Crippen LogP contribution in [0.1, 0.15) is 66.7 Å². The summed E-state index contributed by atoms with van der Waals surface area (Å²) in [4.78, 5) is 11.7. The highest BCUT2D eigenvalue weighted by molar-refractivity contribution is 5.96. The molecule has 0 aromatic rings. The van der Waals surface area contributed by atoms with Crippen LogP contribution in [-0.4, -0.2) is 11.9 Å². The first-order valence-electron chi connectivity index (χ1n) is 7.71. The quantitative estimate of drug-likeness (QED) is 0.305. The molecule has 0 N–H and O–H groups in total. The molecule has 0 bridgehead atoms. The summed E-state index contributed by atoms with van der Waals surface area (Å²) < 4.78 is 6.01. The molecule has 0 aliphatic heterocycles. The maximum Gasteiger partial charge on any atom is 0.159 e. The zero-order valence-corrected chi connectivity index (χ0v) is 13.8. The van der Waals surface area contributed by atoms with Crippen molar-refractivity contribution in [3.05, 3.63) is 35.6 Å². The highest BCUT2D eigenvalue weighted by atomic mass is 16.5.